The number of hydrogen-bond acceptors (Lipinski definition) is 4. The van der Waals surface area contributed by atoms with Crippen LogP contribution in [0.25, 0.3) is 5.52 Å². The van der Waals surface area contributed by atoms with E-state index in [1.807, 2.05) is 23.2 Å². The molecule has 168 valence electrons. The first kappa shape index (κ1) is 21.1. The maximum Gasteiger partial charge on any atom is 0.257 e. The summed E-state index contributed by atoms with van der Waals surface area (Å²) < 4.78 is 42.9. The highest BCUT2D eigenvalue weighted by molar-refractivity contribution is 7.89. The fourth-order valence-electron chi connectivity index (χ4n) is 4.73. The Labute approximate surface area is 186 Å². The first-order valence-electron chi connectivity index (χ1n) is 11.0. The van der Waals surface area contributed by atoms with Gasteiger partial charge in [-0.05, 0) is 61.4 Å². The Hall–Kier alpha value is -2.78. The molecule has 32 heavy (non-hydrogen) atoms. The molecular weight excluding hydrogens is 431 g/mol. The lowest BCUT2D eigenvalue weighted by Gasteiger charge is -2.31. The summed E-state index contributed by atoms with van der Waals surface area (Å²) in [5, 5.41) is 4.33. The van der Waals surface area contributed by atoms with Crippen molar-refractivity contribution in [2.45, 2.75) is 36.5 Å². The molecule has 5 rings (SSSR count). The van der Waals surface area contributed by atoms with E-state index in [4.69, 9.17) is 0 Å². The molecule has 0 atom stereocenters. The quantitative estimate of drug-likeness (QED) is 0.604. The van der Waals surface area contributed by atoms with E-state index in [9.17, 15) is 17.6 Å². The van der Waals surface area contributed by atoms with Crippen LogP contribution in [0, 0.1) is 5.82 Å². The first-order valence-corrected chi connectivity index (χ1v) is 12.4. The number of fused-ring (bicyclic) bond motifs is 1. The smallest absolute Gasteiger partial charge is 0.257 e. The molecule has 7 nitrogen and oxygen atoms in total. The average molecular weight is 457 g/mol. The van der Waals surface area contributed by atoms with Crippen molar-refractivity contribution >= 4 is 21.4 Å². The molecule has 2 aromatic heterocycles. The fraction of sp³-hybridized carbons (Fsp3) is 0.391. The van der Waals surface area contributed by atoms with Crippen molar-refractivity contribution in [1.29, 1.82) is 0 Å². The average Bonchev–Trinajstić information content (AvgIpc) is 3.49. The van der Waals surface area contributed by atoms with Crippen LogP contribution in [0.1, 0.15) is 47.5 Å². The molecular formula is C23H25FN4O3S. The number of benzene rings is 1. The number of sulfonamides is 1. The van der Waals surface area contributed by atoms with Gasteiger partial charge in [-0.25, -0.2) is 17.3 Å². The van der Waals surface area contributed by atoms with Crippen LogP contribution in [-0.2, 0) is 10.0 Å². The number of carbonyl (C=O) groups is 1. The number of rotatable bonds is 4. The summed E-state index contributed by atoms with van der Waals surface area (Å²) in [5.41, 5.74) is 2.45. The van der Waals surface area contributed by atoms with Gasteiger partial charge in [0.25, 0.3) is 5.91 Å². The summed E-state index contributed by atoms with van der Waals surface area (Å²) in [6.45, 7) is 2.21. The van der Waals surface area contributed by atoms with Gasteiger partial charge < -0.3 is 4.90 Å². The van der Waals surface area contributed by atoms with E-state index in [1.165, 1.54) is 28.6 Å². The maximum absolute atomic E-state index is 14.1. The summed E-state index contributed by atoms with van der Waals surface area (Å²) in [6.07, 6.45) is 6.81. The van der Waals surface area contributed by atoms with E-state index in [1.54, 1.807) is 10.7 Å². The van der Waals surface area contributed by atoms with Gasteiger partial charge in [0.15, 0.2) is 0 Å². The summed E-state index contributed by atoms with van der Waals surface area (Å²) in [6, 6.07) is 9.48. The van der Waals surface area contributed by atoms with E-state index < -0.39 is 15.8 Å². The standard InChI is InChI=1S/C23H25FN4O3S/c24-20-5-1-2-6-22(20)32(30,31)27-12-7-17(8-13-27)18-9-14-28-21(15-18)19(16-25-28)23(29)26-10-3-4-11-26/h1-2,5-6,9,14-17H,3-4,7-8,10-13H2. The molecule has 0 saturated carbocycles. The highest BCUT2D eigenvalue weighted by Gasteiger charge is 2.32. The number of pyridine rings is 1. The van der Waals surface area contributed by atoms with E-state index in [0.29, 0.717) is 31.5 Å². The lowest BCUT2D eigenvalue weighted by Crippen LogP contribution is -2.38. The van der Waals surface area contributed by atoms with E-state index in [2.05, 4.69) is 5.10 Å². The summed E-state index contributed by atoms with van der Waals surface area (Å²) in [7, 11) is -3.86. The number of likely N-dealkylation sites (tertiary alicyclic amines) is 1. The van der Waals surface area contributed by atoms with Crippen LogP contribution >= 0.6 is 0 Å². The van der Waals surface area contributed by atoms with Crippen molar-refractivity contribution in [2.75, 3.05) is 26.2 Å². The normalized spacial score (nSPS) is 18.5. The number of halogens is 1. The SMILES string of the molecule is O=C(c1cnn2ccc(C3CCN(S(=O)(=O)c4ccccc4F)CC3)cc12)N1CCCC1. The lowest BCUT2D eigenvalue weighted by atomic mass is 9.90. The van der Waals surface area contributed by atoms with Crippen molar-refractivity contribution in [3.8, 4) is 0 Å². The second-order valence-corrected chi connectivity index (χ2v) is 10.4. The molecule has 0 aliphatic carbocycles. The molecule has 0 N–H and O–H groups in total. The third kappa shape index (κ3) is 3.69. The number of aromatic nitrogens is 2. The van der Waals surface area contributed by atoms with E-state index in [-0.39, 0.29) is 16.7 Å². The summed E-state index contributed by atoms with van der Waals surface area (Å²) in [5.74, 6) is -0.548. The van der Waals surface area contributed by atoms with Gasteiger partial charge in [-0.2, -0.15) is 9.40 Å². The molecule has 4 heterocycles. The Morgan fingerprint density at radius 2 is 1.75 bits per heavy atom. The van der Waals surface area contributed by atoms with Crippen molar-refractivity contribution in [1.82, 2.24) is 18.8 Å². The van der Waals surface area contributed by atoms with Crippen LogP contribution in [0.4, 0.5) is 4.39 Å². The van der Waals surface area contributed by atoms with Crippen LogP contribution < -0.4 is 0 Å². The van der Waals surface area contributed by atoms with E-state index in [0.717, 1.165) is 37.0 Å². The third-order valence-electron chi connectivity index (χ3n) is 6.55. The predicted molar refractivity (Wildman–Crippen MR) is 117 cm³/mol. The van der Waals surface area contributed by atoms with Gasteiger partial charge in [-0.15, -0.1) is 0 Å². The van der Waals surface area contributed by atoms with Gasteiger partial charge in [0.05, 0.1) is 17.3 Å². The molecule has 1 aromatic carbocycles. The maximum atomic E-state index is 14.1. The third-order valence-corrected chi connectivity index (χ3v) is 8.48. The van der Waals surface area contributed by atoms with Gasteiger partial charge in [-0.1, -0.05) is 12.1 Å². The lowest BCUT2D eigenvalue weighted by molar-refractivity contribution is 0.0794. The van der Waals surface area contributed by atoms with Crippen molar-refractivity contribution in [3.63, 3.8) is 0 Å². The molecule has 2 aliphatic heterocycles. The molecule has 0 unspecified atom stereocenters. The highest BCUT2D eigenvalue weighted by Crippen LogP contribution is 2.32. The molecule has 0 bridgehead atoms. The van der Waals surface area contributed by atoms with Gasteiger partial charge in [0.1, 0.15) is 10.7 Å². The van der Waals surface area contributed by atoms with Crippen LogP contribution in [0.5, 0.6) is 0 Å². The van der Waals surface area contributed by atoms with Crippen molar-refractivity contribution in [3.05, 3.63) is 65.7 Å². The Morgan fingerprint density at radius 1 is 1.03 bits per heavy atom. The van der Waals surface area contributed by atoms with Gasteiger partial charge in [0, 0.05) is 32.4 Å². The number of nitrogens with zero attached hydrogens (tertiary/aromatic N) is 4. The van der Waals surface area contributed by atoms with Crippen LogP contribution in [0.3, 0.4) is 0 Å². The van der Waals surface area contributed by atoms with Crippen LogP contribution in [-0.4, -0.2) is 59.3 Å². The Morgan fingerprint density at radius 3 is 2.47 bits per heavy atom. The van der Waals surface area contributed by atoms with Gasteiger partial charge >= 0.3 is 0 Å². The van der Waals surface area contributed by atoms with Crippen molar-refractivity contribution in [2.24, 2.45) is 0 Å². The zero-order valence-electron chi connectivity index (χ0n) is 17.7. The first-order chi connectivity index (χ1) is 15.4. The second-order valence-electron chi connectivity index (χ2n) is 8.46. The molecule has 0 spiro atoms. The molecule has 2 fully saturated rings. The molecule has 9 heteroatoms. The minimum absolute atomic E-state index is 0.0143. The monoisotopic (exact) mass is 456 g/mol. The molecule has 2 saturated heterocycles. The molecule has 2 aliphatic rings. The summed E-state index contributed by atoms with van der Waals surface area (Å²) in [4.78, 5) is 14.5. The van der Waals surface area contributed by atoms with Crippen LogP contribution in [0.15, 0.2) is 53.7 Å². The van der Waals surface area contributed by atoms with E-state index >= 15 is 0 Å². The number of carbonyl (C=O) groups excluding carboxylic acids is 1. The fourth-order valence-corrected chi connectivity index (χ4v) is 6.26. The summed E-state index contributed by atoms with van der Waals surface area (Å²) >= 11 is 0. The van der Waals surface area contributed by atoms with Gasteiger partial charge in [-0.3, -0.25) is 4.79 Å². The number of amides is 1. The Balaban J connectivity index is 1.34. The minimum Gasteiger partial charge on any atom is -0.339 e. The predicted octanol–water partition coefficient (Wildman–Crippen LogP) is 3.28. The second kappa shape index (κ2) is 8.29. The number of hydrogen-bond donors (Lipinski definition) is 0. The molecule has 1 amide bonds. The Kier molecular flexibility index (Phi) is 5.46. The van der Waals surface area contributed by atoms with Crippen LogP contribution in [0.2, 0.25) is 0 Å². The zero-order chi connectivity index (χ0) is 22.3. The topological polar surface area (TPSA) is 75.0 Å². The number of piperidine rings is 1. The highest BCUT2D eigenvalue weighted by atomic mass is 32.2. The Bertz CT molecular complexity index is 1260. The molecule has 0 radical (unpaired) electrons. The van der Waals surface area contributed by atoms with Gasteiger partial charge in [0.2, 0.25) is 10.0 Å². The largest absolute Gasteiger partial charge is 0.339 e. The van der Waals surface area contributed by atoms with Crippen molar-refractivity contribution < 1.29 is 17.6 Å². The molecule has 3 aromatic rings. The minimum atomic E-state index is -3.86. The zero-order valence-corrected chi connectivity index (χ0v) is 18.5.